The number of fused-ring (bicyclic) bond motifs is 1. The first-order valence-corrected chi connectivity index (χ1v) is 9.61. The van der Waals surface area contributed by atoms with Gasteiger partial charge in [0.2, 0.25) is 0 Å². The fourth-order valence-corrected chi connectivity index (χ4v) is 4.04. The quantitative estimate of drug-likeness (QED) is 0.657. The summed E-state index contributed by atoms with van der Waals surface area (Å²) in [6, 6.07) is 13.4. The molecular formula is C18H18N2O2S2. The van der Waals surface area contributed by atoms with Crippen LogP contribution in [0.3, 0.4) is 0 Å². The fraction of sp³-hybridized carbons (Fsp3) is 0.222. The Kier molecular flexibility index (Phi) is 5.06. The maximum atomic E-state index is 12.5. The number of hydrogen-bond donors (Lipinski definition) is 0. The van der Waals surface area contributed by atoms with Gasteiger partial charge in [-0.3, -0.25) is 4.79 Å². The number of para-hydroxylation sites is 1. The van der Waals surface area contributed by atoms with Gasteiger partial charge in [-0.05, 0) is 49.6 Å². The van der Waals surface area contributed by atoms with Crippen LogP contribution in [0.5, 0.6) is 5.75 Å². The Morgan fingerprint density at radius 2 is 2.00 bits per heavy atom. The van der Waals surface area contributed by atoms with Crippen LogP contribution in [0.25, 0.3) is 10.2 Å². The summed E-state index contributed by atoms with van der Waals surface area (Å²) in [6.45, 7) is 2.76. The minimum Gasteiger partial charge on any atom is -0.495 e. The third-order valence-electron chi connectivity index (χ3n) is 3.73. The van der Waals surface area contributed by atoms with Crippen molar-refractivity contribution in [2.45, 2.75) is 18.4 Å². The molecule has 0 spiro atoms. The van der Waals surface area contributed by atoms with Crippen LogP contribution in [0, 0.1) is 0 Å². The summed E-state index contributed by atoms with van der Waals surface area (Å²) in [5.74, 6) is 0.569. The number of thiazole rings is 1. The molecule has 0 atom stereocenters. The average molecular weight is 358 g/mol. The topological polar surface area (TPSA) is 43.6 Å². The Hall–Kier alpha value is -2.05. The summed E-state index contributed by atoms with van der Waals surface area (Å²) < 4.78 is 8.53. The highest BCUT2D eigenvalue weighted by molar-refractivity contribution is 7.98. The van der Waals surface area contributed by atoms with Crippen molar-refractivity contribution in [3.63, 3.8) is 0 Å². The molecule has 0 N–H and O–H groups in total. The highest BCUT2D eigenvalue weighted by Crippen LogP contribution is 2.27. The molecule has 3 aromatic rings. The zero-order chi connectivity index (χ0) is 17.1. The van der Waals surface area contributed by atoms with Crippen LogP contribution in [-0.4, -0.2) is 23.8 Å². The molecule has 0 aliphatic carbocycles. The van der Waals surface area contributed by atoms with E-state index in [0.29, 0.717) is 10.4 Å². The Balaban J connectivity index is 2.10. The third-order valence-corrected chi connectivity index (χ3v) is 5.52. The van der Waals surface area contributed by atoms with Crippen LogP contribution in [-0.2, 0) is 6.54 Å². The molecule has 24 heavy (non-hydrogen) atoms. The van der Waals surface area contributed by atoms with Gasteiger partial charge in [-0.25, -0.2) is 0 Å². The summed E-state index contributed by atoms with van der Waals surface area (Å²) in [5, 5.41) is 0. The molecule has 3 rings (SSSR count). The lowest BCUT2D eigenvalue weighted by molar-refractivity contribution is 0.0998. The van der Waals surface area contributed by atoms with Crippen LogP contribution in [0.1, 0.15) is 17.3 Å². The normalized spacial score (nSPS) is 11.9. The van der Waals surface area contributed by atoms with Crippen LogP contribution in [0.2, 0.25) is 0 Å². The van der Waals surface area contributed by atoms with E-state index in [9.17, 15) is 4.79 Å². The van der Waals surface area contributed by atoms with Crippen LogP contribution >= 0.6 is 23.1 Å². The molecule has 1 amide bonds. The van der Waals surface area contributed by atoms with E-state index < -0.39 is 0 Å². The van der Waals surface area contributed by atoms with Gasteiger partial charge in [0.15, 0.2) is 4.80 Å². The Morgan fingerprint density at radius 3 is 2.62 bits per heavy atom. The van der Waals surface area contributed by atoms with Crippen molar-refractivity contribution in [3.8, 4) is 5.75 Å². The van der Waals surface area contributed by atoms with Gasteiger partial charge in [0.1, 0.15) is 11.3 Å². The lowest BCUT2D eigenvalue weighted by Crippen LogP contribution is -2.16. The van der Waals surface area contributed by atoms with Crippen LogP contribution in [0.15, 0.2) is 52.4 Å². The minimum absolute atomic E-state index is 0.227. The third kappa shape index (κ3) is 3.12. The smallest absolute Gasteiger partial charge is 0.279 e. The first kappa shape index (κ1) is 16.8. The second kappa shape index (κ2) is 7.23. The number of ether oxygens (including phenoxy) is 1. The molecule has 0 fully saturated rings. The molecule has 0 radical (unpaired) electrons. The minimum atomic E-state index is -0.227. The molecule has 124 valence electrons. The van der Waals surface area contributed by atoms with E-state index in [4.69, 9.17) is 4.74 Å². The van der Waals surface area contributed by atoms with Gasteiger partial charge in [-0.2, -0.15) is 4.99 Å². The molecule has 6 heteroatoms. The number of benzene rings is 2. The van der Waals surface area contributed by atoms with Crippen molar-refractivity contribution in [2.75, 3.05) is 13.4 Å². The van der Waals surface area contributed by atoms with E-state index in [0.717, 1.165) is 27.4 Å². The highest BCUT2D eigenvalue weighted by atomic mass is 32.2. The number of aryl methyl sites for hydroxylation is 1. The van der Waals surface area contributed by atoms with Gasteiger partial charge in [-0.1, -0.05) is 17.4 Å². The Morgan fingerprint density at radius 1 is 1.25 bits per heavy atom. The second-order valence-corrected chi connectivity index (χ2v) is 6.97. The largest absolute Gasteiger partial charge is 0.495 e. The highest BCUT2D eigenvalue weighted by Gasteiger charge is 2.11. The predicted molar refractivity (Wildman–Crippen MR) is 100 cm³/mol. The van der Waals surface area contributed by atoms with Crippen molar-refractivity contribution in [1.29, 1.82) is 0 Å². The number of thioether (sulfide) groups is 1. The van der Waals surface area contributed by atoms with Crippen molar-refractivity contribution in [3.05, 3.63) is 52.8 Å². The lowest BCUT2D eigenvalue weighted by Gasteiger charge is -2.05. The van der Waals surface area contributed by atoms with Gasteiger partial charge in [0, 0.05) is 17.0 Å². The SMILES string of the molecule is CCn1c(=NC(=O)c2ccc(SC)cc2)sc2cccc(OC)c21. The van der Waals surface area contributed by atoms with Crippen molar-refractivity contribution < 1.29 is 9.53 Å². The number of rotatable bonds is 4. The van der Waals surface area contributed by atoms with Crippen LogP contribution < -0.4 is 9.54 Å². The Bertz CT molecular complexity index is 940. The van der Waals surface area contributed by atoms with Gasteiger partial charge in [0.25, 0.3) is 5.91 Å². The van der Waals surface area contributed by atoms with Crippen molar-refractivity contribution >= 4 is 39.2 Å². The van der Waals surface area contributed by atoms with Crippen LogP contribution in [0.4, 0.5) is 0 Å². The molecule has 1 aromatic heterocycles. The van der Waals surface area contributed by atoms with Gasteiger partial charge in [-0.15, -0.1) is 11.8 Å². The van der Waals surface area contributed by atoms with Gasteiger partial charge >= 0.3 is 0 Å². The number of carbonyl (C=O) groups is 1. The summed E-state index contributed by atoms with van der Waals surface area (Å²) in [5.41, 5.74) is 1.58. The van der Waals surface area contributed by atoms with Crippen molar-refractivity contribution in [1.82, 2.24) is 4.57 Å². The van der Waals surface area contributed by atoms with E-state index in [2.05, 4.69) is 4.99 Å². The fourth-order valence-electron chi connectivity index (χ4n) is 2.53. The number of amides is 1. The number of hydrogen-bond acceptors (Lipinski definition) is 4. The molecule has 0 saturated heterocycles. The predicted octanol–water partition coefficient (Wildman–Crippen LogP) is 4.19. The molecule has 2 aromatic carbocycles. The zero-order valence-corrected chi connectivity index (χ0v) is 15.4. The van der Waals surface area contributed by atoms with E-state index in [-0.39, 0.29) is 5.91 Å². The standard InChI is InChI=1S/C18H18N2O2S2/c1-4-20-16-14(22-2)6-5-7-15(16)24-18(20)19-17(21)12-8-10-13(23-3)11-9-12/h5-11H,4H2,1-3H3. The summed E-state index contributed by atoms with van der Waals surface area (Å²) in [4.78, 5) is 18.7. The molecule has 0 aliphatic rings. The van der Waals surface area contributed by atoms with E-state index in [1.54, 1.807) is 18.9 Å². The summed E-state index contributed by atoms with van der Waals surface area (Å²) in [6.07, 6.45) is 2.01. The first-order valence-electron chi connectivity index (χ1n) is 7.57. The number of carbonyl (C=O) groups excluding carboxylic acids is 1. The first-order chi connectivity index (χ1) is 11.7. The van der Waals surface area contributed by atoms with Crippen molar-refractivity contribution in [2.24, 2.45) is 4.99 Å². The molecule has 0 unspecified atom stereocenters. The molecule has 0 bridgehead atoms. The zero-order valence-electron chi connectivity index (χ0n) is 13.8. The van der Waals surface area contributed by atoms with E-state index >= 15 is 0 Å². The molecule has 1 heterocycles. The monoisotopic (exact) mass is 358 g/mol. The second-order valence-electron chi connectivity index (χ2n) is 5.08. The summed E-state index contributed by atoms with van der Waals surface area (Å²) >= 11 is 3.15. The lowest BCUT2D eigenvalue weighted by atomic mass is 10.2. The van der Waals surface area contributed by atoms with E-state index in [1.807, 2.05) is 60.2 Å². The maximum Gasteiger partial charge on any atom is 0.279 e. The number of methoxy groups -OCH3 is 1. The molecule has 4 nitrogen and oxygen atoms in total. The molecule has 0 saturated carbocycles. The number of nitrogens with zero attached hydrogens (tertiary/aromatic N) is 2. The molecule has 0 aliphatic heterocycles. The molecular weight excluding hydrogens is 340 g/mol. The maximum absolute atomic E-state index is 12.5. The van der Waals surface area contributed by atoms with E-state index in [1.165, 1.54) is 11.3 Å². The summed E-state index contributed by atoms with van der Waals surface area (Å²) in [7, 11) is 1.65. The van der Waals surface area contributed by atoms with Gasteiger partial charge in [0.05, 0.1) is 11.8 Å². The number of aromatic nitrogens is 1. The van der Waals surface area contributed by atoms with Gasteiger partial charge < -0.3 is 9.30 Å². The Labute approximate surface area is 148 Å². The average Bonchev–Trinajstić information content (AvgIpc) is 2.98.